The van der Waals surface area contributed by atoms with Crippen LogP contribution >= 0.6 is 0 Å². The fourth-order valence-corrected chi connectivity index (χ4v) is 2.32. The molecule has 5 nitrogen and oxygen atoms in total. The lowest BCUT2D eigenvalue weighted by Crippen LogP contribution is -2.17. The van der Waals surface area contributed by atoms with Crippen molar-refractivity contribution in [1.29, 1.82) is 0 Å². The summed E-state index contributed by atoms with van der Waals surface area (Å²) >= 11 is 0. The van der Waals surface area contributed by atoms with Gasteiger partial charge < -0.3 is 0 Å². The summed E-state index contributed by atoms with van der Waals surface area (Å²) in [6.45, 7) is 5.78. The summed E-state index contributed by atoms with van der Waals surface area (Å²) in [4.78, 5) is 21.2. The summed E-state index contributed by atoms with van der Waals surface area (Å²) in [5.74, 6) is 0.590. The molecule has 23 heavy (non-hydrogen) atoms. The number of benzene rings is 1. The fraction of sp³-hybridized carbons (Fsp3) is 0.167. The van der Waals surface area contributed by atoms with E-state index in [0.29, 0.717) is 11.4 Å². The van der Waals surface area contributed by atoms with Crippen LogP contribution in [0.3, 0.4) is 0 Å². The first-order chi connectivity index (χ1) is 11.0. The third-order valence-electron chi connectivity index (χ3n) is 3.61. The van der Waals surface area contributed by atoms with Crippen molar-refractivity contribution in [3.63, 3.8) is 0 Å². The summed E-state index contributed by atoms with van der Waals surface area (Å²) in [5.41, 5.74) is 4.03. The van der Waals surface area contributed by atoms with Gasteiger partial charge in [-0.2, -0.15) is 0 Å². The Kier molecular flexibility index (Phi) is 3.93. The van der Waals surface area contributed by atoms with Crippen LogP contribution < -0.4 is 5.56 Å². The lowest BCUT2D eigenvalue weighted by Gasteiger charge is -2.01. The molecule has 0 aliphatic heterocycles. The normalized spacial score (nSPS) is 11.3. The average Bonchev–Trinajstić information content (AvgIpc) is 2.81. The molecule has 0 radical (unpaired) electrons. The zero-order valence-corrected chi connectivity index (χ0v) is 13.4. The smallest absolute Gasteiger partial charge is 0.280 e. The molecule has 0 unspecified atom stereocenters. The second kappa shape index (κ2) is 6.04. The summed E-state index contributed by atoms with van der Waals surface area (Å²) in [5, 5.41) is 3.09. The third kappa shape index (κ3) is 3.13. The molecule has 0 saturated carbocycles. The van der Waals surface area contributed by atoms with Gasteiger partial charge in [-0.15, -0.1) is 0 Å². The summed E-state index contributed by atoms with van der Waals surface area (Å²) in [6, 6.07) is 13.4. The van der Waals surface area contributed by atoms with Crippen LogP contribution in [-0.4, -0.2) is 21.0 Å². The topological polar surface area (TPSA) is 63.0 Å². The second-order valence-corrected chi connectivity index (χ2v) is 5.52. The van der Waals surface area contributed by atoms with Crippen LogP contribution in [0.25, 0.3) is 5.69 Å². The highest BCUT2D eigenvalue weighted by molar-refractivity contribution is 5.82. The van der Waals surface area contributed by atoms with Gasteiger partial charge in [0.15, 0.2) is 5.82 Å². The van der Waals surface area contributed by atoms with E-state index in [1.807, 2.05) is 63.2 Å². The molecule has 2 aromatic heterocycles. The minimum Gasteiger partial charge on any atom is -0.295 e. The Labute approximate surface area is 134 Å². The number of nitrogens with one attached hydrogen (secondary N) is 1. The quantitative estimate of drug-likeness (QED) is 0.755. The molecule has 3 rings (SSSR count). The average molecular weight is 306 g/mol. The van der Waals surface area contributed by atoms with E-state index in [0.717, 1.165) is 22.6 Å². The van der Waals surface area contributed by atoms with Gasteiger partial charge in [-0.3, -0.25) is 9.89 Å². The van der Waals surface area contributed by atoms with Crippen LogP contribution in [0.15, 0.2) is 52.3 Å². The van der Waals surface area contributed by atoms with Crippen LogP contribution in [-0.2, 0) is 0 Å². The lowest BCUT2D eigenvalue weighted by atomic mass is 10.2. The number of aliphatic imine (C=N–C) groups is 1. The van der Waals surface area contributed by atoms with Gasteiger partial charge in [0.25, 0.3) is 5.56 Å². The summed E-state index contributed by atoms with van der Waals surface area (Å²) in [6.07, 6.45) is 1.57. The molecule has 0 fully saturated rings. The van der Waals surface area contributed by atoms with E-state index >= 15 is 0 Å². The van der Waals surface area contributed by atoms with Gasteiger partial charge in [-0.1, -0.05) is 23.8 Å². The largest absolute Gasteiger partial charge is 0.295 e. The predicted octanol–water partition coefficient (Wildman–Crippen LogP) is 3.24. The minimum atomic E-state index is -0.122. The molecule has 0 saturated heterocycles. The van der Waals surface area contributed by atoms with Crippen LogP contribution in [0.2, 0.25) is 0 Å². The highest BCUT2D eigenvalue weighted by Gasteiger charge is 2.10. The van der Waals surface area contributed by atoms with Crippen molar-refractivity contribution in [3.05, 3.63) is 75.3 Å². The zero-order chi connectivity index (χ0) is 16.4. The molecule has 0 aliphatic carbocycles. The molecular formula is C18H18N4O. The molecule has 1 N–H and O–H groups in total. The monoisotopic (exact) mass is 306 g/mol. The molecular weight excluding hydrogens is 288 g/mol. The zero-order valence-electron chi connectivity index (χ0n) is 13.4. The highest BCUT2D eigenvalue weighted by Crippen LogP contribution is 2.10. The summed E-state index contributed by atoms with van der Waals surface area (Å²) < 4.78 is 1.53. The number of rotatable bonds is 3. The molecule has 116 valence electrons. The van der Waals surface area contributed by atoms with Gasteiger partial charge in [0, 0.05) is 17.6 Å². The maximum absolute atomic E-state index is 12.6. The van der Waals surface area contributed by atoms with Gasteiger partial charge in [-0.05, 0) is 45.0 Å². The fourth-order valence-electron chi connectivity index (χ4n) is 2.32. The number of aromatic nitrogens is 3. The Morgan fingerprint density at radius 1 is 1.09 bits per heavy atom. The van der Waals surface area contributed by atoms with E-state index in [-0.39, 0.29) is 5.56 Å². The van der Waals surface area contributed by atoms with Crippen molar-refractivity contribution < 1.29 is 0 Å². The van der Waals surface area contributed by atoms with Crippen molar-refractivity contribution in [2.75, 3.05) is 0 Å². The van der Waals surface area contributed by atoms with Gasteiger partial charge in [0.05, 0.1) is 11.3 Å². The van der Waals surface area contributed by atoms with Crippen LogP contribution in [0, 0.1) is 20.8 Å². The first-order valence-corrected chi connectivity index (χ1v) is 7.41. The Bertz CT molecular complexity index is 917. The van der Waals surface area contributed by atoms with Crippen molar-refractivity contribution in [2.45, 2.75) is 20.8 Å². The van der Waals surface area contributed by atoms with Gasteiger partial charge in [0.1, 0.15) is 0 Å². The van der Waals surface area contributed by atoms with Crippen LogP contribution in [0.5, 0.6) is 0 Å². The van der Waals surface area contributed by atoms with Crippen molar-refractivity contribution in [1.82, 2.24) is 14.8 Å². The highest BCUT2D eigenvalue weighted by atomic mass is 16.1. The molecule has 0 aliphatic rings. The Morgan fingerprint density at radius 3 is 2.52 bits per heavy atom. The number of aryl methyl sites for hydroxylation is 3. The van der Waals surface area contributed by atoms with Gasteiger partial charge in [-0.25, -0.2) is 14.7 Å². The van der Waals surface area contributed by atoms with E-state index in [9.17, 15) is 4.79 Å². The van der Waals surface area contributed by atoms with Crippen molar-refractivity contribution >= 4 is 12.0 Å². The Balaban J connectivity index is 1.98. The van der Waals surface area contributed by atoms with Crippen molar-refractivity contribution in [3.8, 4) is 5.69 Å². The number of hydrogen-bond donors (Lipinski definition) is 1. The van der Waals surface area contributed by atoms with E-state index in [1.165, 1.54) is 4.68 Å². The number of aromatic amines is 1. The first kappa shape index (κ1) is 15.0. The Hall–Kier alpha value is -2.95. The van der Waals surface area contributed by atoms with Gasteiger partial charge in [0.2, 0.25) is 0 Å². The molecule has 0 amide bonds. The maximum Gasteiger partial charge on any atom is 0.280 e. The molecule has 0 atom stereocenters. The lowest BCUT2D eigenvalue weighted by molar-refractivity contribution is 0.835. The predicted molar refractivity (Wildman–Crippen MR) is 92.1 cm³/mol. The van der Waals surface area contributed by atoms with E-state index in [1.54, 1.807) is 6.21 Å². The van der Waals surface area contributed by atoms with E-state index < -0.39 is 0 Å². The van der Waals surface area contributed by atoms with Crippen molar-refractivity contribution in [2.24, 2.45) is 4.99 Å². The molecule has 3 aromatic rings. The molecule has 5 heteroatoms. The van der Waals surface area contributed by atoms with E-state index in [4.69, 9.17) is 0 Å². The van der Waals surface area contributed by atoms with E-state index in [2.05, 4.69) is 15.1 Å². The number of pyridine rings is 1. The third-order valence-corrected chi connectivity index (χ3v) is 3.61. The second-order valence-electron chi connectivity index (χ2n) is 5.52. The number of H-pyrrole nitrogens is 1. The van der Waals surface area contributed by atoms with Gasteiger partial charge >= 0.3 is 0 Å². The molecule has 1 aromatic carbocycles. The SMILES string of the molecule is Cc1ccc(-n2[nH]c(C)c(/C=N/c3cccc(C)n3)c2=O)cc1. The molecule has 2 heterocycles. The number of nitrogens with zero attached hydrogens (tertiary/aromatic N) is 3. The maximum atomic E-state index is 12.6. The minimum absolute atomic E-state index is 0.122. The Morgan fingerprint density at radius 2 is 1.83 bits per heavy atom. The molecule has 0 spiro atoms. The number of hydrogen-bond acceptors (Lipinski definition) is 3. The standard InChI is InChI=1S/C18H18N4O/c1-12-7-9-15(10-8-12)22-18(23)16(14(3)21-22)11-19-17-6-4-5-13(2)20-17/h4-11,21H,1-3H3/b19-11+. The van der Waals surface area contributed by atoms with Crippen LogP contribution in [0.4, 0.5) is 5.82 Å². The molecule has 0 bridgehead atoms. The van der Waals surface area contributed by atoms with Crippen LogP contribution in [0.1, 0.15) is 22.5 Å². The summed E-state index contributed by atoms with van der Waals surface area (Å²) in [7, 11) is 0. The first-order valence-electron chi connectivity index (χ1n) is 7.41.